The number of hydrogen-bond donors (Lipinski definition) is 2. The van der Waals surface area contributed by atoms with Gasteiger partial charge in [-0.05, 0) is 66.6 Å². The number of nitrogens with one attached hydrogen (secondary N) is 2. The minimum absolute atomic E-state index is 0.151. The van der Waals surface area contributed by atoms with Crippen molar-refractivity contribution in [2.24, 2.45) is 5.92 Å². The second-order valence-corrected chi connectivity index (χ2v) is 9.48. The van der Waals surface area contributed by atoms with Crippen LogP contribution in [-0.4, -0.2) is 38.2 Å². The Kier molecular flexibility index (Phi) is 5.46. The van der Waals surface area contributed by atoms with Crippen molar-refractivity contribution in [3.05, 3.63) is 59.4 Å². The van der Waals surface area contributed by atoms with Crippen LogP contribution in [0.2, 0.25) is 0 Å². The number of rotatable bonds is 3. The third-order valence-corrected chi connectivity index (χ3v) is 6.73. The van der Waals surface area contributed by atoms with Crippen molar-refractivity contribution in [1.82, 2.24) is 4.90 Å². The molecule has 158 valence electrons. The molecule has 1 saturated heterocycles. The summed E-state index contributed by atoms with van der Waals surface area (Å²) >= 11 is 0. The van der Waals surface area contributed by atoms with Crippen molar-refractivity contribution in [2.75, 3.05) is 23.1 Å². The minimum Gasteiger partial charge on any atom is -0.334 e. The third kappa shape index (κ3) is 4.62. The largest absolute Gasteiger partial charge is 0.334 e. The van der Waals surface area contributed by atoms with E-state index < -0.39 is 21.8 Å². The van der Waals surface area contributed by atoms with E-state index in [2.05, 4.69) is 10.0 Å². The number of nitrogens with zero attached hydrogens (tertiary/aromatic N) is 1. The summed E-state index contributed by atoms with van der Waals surface area (Å²) in [5, 5.41) is 2.56. The fourth-order valence-electron chi connectivity index (χ4n) is 3.92. The van der Waals surface area contributed by atoms with E-state index in [9.17, 15) is 22.4 Å². The van der Waals surface area contributed by atoms with Gasteiger partial charge in [0.15, 0.2) is 0 Å². The van der Waals surface area contributed by atoms with E-state index in [1.54, 1.807) is 30.3 Å². The summed E-state index contributed by atoms with van der Waals surface area (Å²) in [6.45, 7) is 0.981. The highest BCUT2D eigenvalue weighted by Crippen LogP contribution is 2.29. The fraction of sp³-hybridized carbons (Fsp3) is 0.333. The lowest BCUT2D eigenvalue weighted by Crippen LogP contribution is -2.44. The molecule has 7 nitrogen and oxygen atoms in total. The minimum atomic E-state index is -3.37. The Morgan fingerprint density at radius 3 is 2.50 bits per heavy atom. The molecule has 0 bridgehead atoms. The van der Waals surface area contributed by atoms with Crippen LogP contribution < -0.4 is 10.0 Å². The van der Waals surface area contributed by atoms with Crippen LogP contribution in [0.1, 0.15) is 24.0 Å². The average molecular weight is 431 g/mol. The van der Waals surface area contributed by atoms with Crippen molar-refractivity contribution in [1.29, 1.82) is 0 Å². The van der Waals surface area contributed by atoms with Crippen molar-refractivity contribution in [3.8, 4) is 0 Å². The molecule has 0 saturated carbocycles. The van der Waals surface area contributed by atoms with Gasteiger partial charge in [0.1, 0.15) is 5.82 Å². The van der Waals surface area contributed by atoms with Crippen molar-refractivity contribution in [2.45, 2.75) is 25.0 Å². The van der Waals surface area contributed by atoms with E-state index in [1.165, 1.54) is 17.0 Å². The number of halogens is 1. The highest BCUT2D eigenvalue weighted by molar-refractivity contribution is 7.92. The number of carbonyl (C=O) groups is 2. The summed E-state index contributed by atoms with van der Waals surface area (Å²) in [6.07, 6.45) is 2.37. The Morgan fingerprint density at radius 2 is 1.80 bits per heavy atom. The van der Waals surface area contributed by atoms with Crippen LogP contribution in [0.3, 0.4) is 0 Å². The van der Waals surface area contributed by atoms with E-state index >= 15 is 0 Å². The lowest BCUT2D eigenvalue weighted by molar-refractivity contribution is -0.144. The standard InChI is InChI=1S/C21H22FN3O4S/c22-17-3-1-14(2-4-17)11-15-7-9-25(10-8-15)21(27)20(26)23-18-5-6-19-16(12-18)13-30(28,29)24-19/h1-6,12,15,24H,7-11,13H2,(H,23,26). The van der Waals surface area contributed by atoms with E-state index in [-0.39, 0.29) is 11.6 Å². The molecule has 2 amide bonds. The molecule has 2 N–H and O–H groups in total. The number of sulfonamides is 1. The van der Waals surface area contributed by atoms with Crippen LogP contribution in [0.25, 0.3) is 0 Å². The van der Waals surface area contributed by atoms with Crippen molar-refractivity contribution < 1.29 is 22.4 Å². The zero-order valence-electron chi connectivity index (χ0n) is 16.2. The number of anilines is 2. The maximum absolute atomic E-state index is 13.0. The zero-order chi connectivity index (χ0) is 21.3. The Morgan fingerprint density at radius 1 is 1.10 bits per heavy atom. The van der Waals surface area contributed by atoms with Gasteiger partial charge >= 0.3 is 11.8 Å². The van der Waals surface area contributed by atoms with Gasteiger partial charge in [0, 0.05) is 18.8 Å². The van der Waals surface area contributed by atoms with Gasteiger partial charge in [-0.25, -0.2) is 12.8 Å². The maximum atomic E-state index is 13.0. The van der Waals surface area contributed by atoms with Gasteiger partial charge in [-0.2, -0.15) is 0 Å². The second-order valence-electron chi connectivity index (χ2n) is 7.75. The molecule has 0 aliphatic carbocycles. The summed E-state index contributed by atoms with van der Waals surface area (Å²) in [6, 6.07) is 11.1. The van der Waals surface area contributed by atoms with Gasteiger partial charge < -0.3 is 10.2 Å². The Balaban J connectivity index is 1.30. The number of carbonyl (C=O) groups excluding carboxylic acids is 2. The average Bonchev–Trinajstić information content (AvgIpc) is 3.03. The van der Waals surface area contributed by atoms with Crippen LogP contribution in [0.15, 0.2) is 42.5 Å². The van der Waals surface area contributed by atoms with Crippen molar-refractivity contribution >= 4 is 33.2 Å². The topological polar surface area (TPSA) is 95.6 Å². The Bertz CT molecular complexity index is 1080. The number of likely N-dealkylation sites (tertiary alicyclic amines) is 1. The van der Waals surface area contributed by atoms with E-state index in [1.807, 2.05) is 0 Å². The summed E-state index contributed by atoms with van der Waals surface area (Å²) in [5.41, 5.74) is 2.49. The molecular formula is C21H22FN3O4S. The Hall–Kier alpha value is -2.94. The number of fused-ring (bicyclic) bond motifs is 1. The molecule has 0 unspecified atom stereocenters. The molecule has 2 heterocycles. The van der Waals surface area contributed by atoms with Gasteiger partial charge in [0.05, 0.1) is 11.4 Å². The molecule has 0 aromatic heterocycles. The van der Waals surface area contributed by atoms with E-state index in [0.717, 1.165) is 24.8 Å². The lowest BCUT2D eigenvalue weighted by atomic mass is 9.90. The van der Waals surface area contributed by atoms with Crippen LogP contribution >= 0.6 is 0 Å². The van der Waals surface area contributed by atoms with Crippen LogP contribution in [0, 0.1) is 11.7 Å². The highest BCUT2D eigenvalue weighted by Gasteiger charge is 2.28. The monoisotopic (exact) mass is 431 g/mol. The molecule has 1 fully saturated rings. The molecule has 2 aliphatic heterocycles. The SMILES string of the molecule is O=C(Nc1ccc2c(c1)CS(=O)(=O)N2)C(=O)N1CCC(Cc2ccc(F)cc2)CC1. The van der Waals surface area contributed by atoms with Gasteiger partial charge in [-0.3, -0.25) is 14.3 Å². The van der Waals surface area contributed by atoms with Gasteiger partial charge in [0.2, 0.25) is 10.0 Å². The number of benzene rings is 2. The lowest BCUT2D eigenvalue weighted by Gasteiger charge is -2.31. The molecule has 0 atom stereocenters. The molecule has 2 aromatic rings. The normalized spacial score (nSPS) is 17.8. The predicted molar refractivity (Wildman–Crippen MR) is 111 cm³/mol. The van der Waals surface area contributed by atoms with Gasteiger partial charge in [0.25, 0.3) is 0 Å². The molecule has 2 aliphatic rings. The Labute approximate surface area is 174 Å². The van der Waals surface area contributed by atoms with Gasteiger partial charge in [-0.1, -0.05) is 12.1 Å². The summed E-state index contributed by atoms with van der Waals surface area (Å²) in [5.74, 6) is -1.36. The van der Waals surface area contributed by atoms with E-state index in [0.29, 0.717) is 35.9 Å². The van der Waals surface area contributed by atoms with E-state index in [4.69, 9.17) is 0 Å². The molecular weight excluding hydrogens is 409 g/mol. The summed E-state index contributed by atoms with van der Waals surface area (Å²) in [7, 11) is -3.37. The molecule has 9 heteroatoms. The molecule has 2 aromatic carbocycles. The predicted octanol–water partition coefficient (Wildman–Crippen LogP) is 2.50. The molecule has 0 radical (unpaired) electrons. The number of amides is 2. The summed E-state index contributed by atoms with van der Waals surface area (Å²) < 4.78 is 38.7. The van der Waals surface area contributed by atoms with Crippen molar-refractivity contribution in [3.63, 3.8) is 0 Å². The first-order valence-electron chi connectivity index (χ1n) is 9.77. The summed E-state index contributed by atoms with van der Waals surface area (Å²) in [4.78, 5) is 26.4. The highest BCUT2D eigenvalue weighted by atomic mass is 32.2. The first-order valence-corrected chi connectivity index (χ1v) is 11.4. The number of hydrogen-bond acceptors (Lipinski definition) is 4. The first-order chi connectivity index (χ1) is 14.3. The molecule has 0 spiro atoms. The second kappa shape index (κ2) is 8.06. The van der Waals surface area contributed by atoms with Crippen LogP contribution in [0.4, 0.5) is 15.8 Å². The van der Waals surface area contributed by atoms with Gasteiger partial charge in [-0.15, -0.1) is 0 Å². The van der Waals surface area contributed by atoms with Crippen LogP contribution in [-0.2, 0) is 31.8 Å². The van der Waals surface area contributed by atoms with Crippen LogP contribution in [0.5, 0.6) is 0 Å². The quantitative estimate of drug-likeness (QED) is 0.730. The number of piperidine rings is 1. The maximum Gasteiger partial charge on any atom is 0.313 e. The smallest absolute Gasteiger partial charge is 0.313 e. The fourth-order valence-corrected chi connectivity index (χ4v) is 5.18. The third-order valence-electron chi connectivity index (χ3n) is 5.51. The molecule has 4 rings (SSSR count). The molecule has 30 heavy (non-hydrogen) atoms. The first kappa shape index (κ1) is 20.3. The zero-order valence-corrected chi connectivity index (χ0v) is 17.0.